The Bertz CT molecular complexity index is 490. The molecule has 4 nitrogen and oxygen atoms in total. The second kappa shape index (κ2) is 4.98. The Balaban J connectivity index is 1.62. The smallest absolute Gasteiger partial charge is 0.138 e. The largest absolute Gasteiger partial charge is 0.369 e. The van der Waals surface area contributed by atoms with Crippen LogP contribution in [0.1, 0.15) is 19.3 Å². The predicted octanol–water partition coefficient (Wildman–Crippen LogP) is 2.25. The number of rotatable bonds is 4. The number of nitrogens with zero attached hydrogens (tertiary/aromatic N) is 2. The van der Waals surface area contributed by atoms with Crippen molar-refractivity contribution < 1.29 is 0 Å². The average molecular weight is 248 g/mol. The molecule has 2 N–H and O–H groups in total. The molecule has 0 amide bonds. The molecule has 2 aromatic rings. The first-order valence-electron chi connectivity index (χ1n) is 6.09. The number of hydrogen-bond acceptors (Lipinski definition) is 5. The van der Waals surface area contributed by atoms with Gasteiger partial charge < -0.3 is 10.6 Å². The van der Waals surface area contributed by atoms with E-state index in [2.05, 4.69) is 32.0 Å². The van der Waals surface area contributed by atoms with E-state index in [4.69, 9.17) is 0 Å². The number of hydrogen-bond donors (Lipinski definition) is 2. The molecule has 3 rings (SSSR count). The maximum Gasteiger partial charge on any atom is 0.138 e. The van der Waals surface area contributed by atoms with Crippen molar-refractivity contribution in [3.63, 3.8) is 0 Å². The summed E-state index contributed by atoms with van der Waals surface area (Å²) in [5.41, 5.74) is 0. The van der Waals surface area contributed by atoms with Crippen LogP contribution in [0.4, 0.5) is 5.82 Å². The highest BCUT2D eigenvalue weighted by atomic mass is 32.1. The molecule has 0 saturated carbocycles. The highest BCUT2D eigenvalue weighted by molar-refractivity contribution is 7.16. The SMILES string of the molecule is c1nc(NCC[C@H]2CCCN2)c2ccsc2n1. The molecule has 0 aliphatic carbocycles. The van der Waals surface area contributed by atoms with Crippen LogP contribution in [0, 0.1) is 0 Å². The first kappa shape index (κ1) is 10.9. The van der Waals surface area contributed by atoms with Gasteiger partial charge in [-0.25, -0.2) is 9.97 Å². The molecule has 0 spiro atoms. The van der Waals surface area contributed by atoms with Crippen LogP contribution in [0.2, 0.25) is 0 Å². The van der Waals surface area contributed by atoms with Gasteiger partial charge in [0.2, 0.25) is 0 Å². The van der Waals surface area contributed by atoms with Crippen LogP contribution in [0.15, 0.2) is 17.8 Å². The van der Waals surface area contributed by atoms with E-state index in [0.717, 1.165) is 29.0 Å². The second-order valence-corrected chi connectivity index (χ2v) is 5.26. The van der Waals surface area contributed by atoms with E-state index < -0.39 is 0 Å². The lowest BCUT2D eigenvalue weighted by Gasteiger charge is -2.11. The van der Waals surface area contributed by atoms with Gasteiger partial charge in [0.1, 0.15) is 17.0 Å². The van der Waals surface area contributed by atoms with Gasteiger partial charge >= 0.3 is 0 Å². The lowest BCUT2D eigenvalue weighted by molar-refractivity contribution is 0.574. The van der Waals surface area contributed by atoms with E-state index in [1.165, 1.54) is 19.4 Å². The monoisotopic (exact) mass is 248 g/mol. The van der Waals surface area contributed by atoms with Gasteiger partial charge in [-0.15, -0.1) is 11.3 Å². The van der Waals surface area contributed by atoms with Crippen molar-refractivity contribution in [2.24, 2.45) is 0 Å². The fourth-order valence-electron chi connectivity index (χ4n) is 2.30. The lowest BCUT2D eigenvalue weighted by atomic mass is 10.1. The molecule has 3 heterocycles. The Morgan fingerprint density at radius 1 is 1.47 bits per heavy atom. The third-order valence-corrected chi connectivity index (χ3v) is 4.03. The molecule has 0 bridgehead atoms. The van der Waals surface area contributed by atoms with E-state index in [1.807, 2.05) is 0 Å². The van der Waals surface area contributed by atoms with Crippen molar-refractivity contribution in [2.75, 3.05) is 18.4 Å². The molecule has 0 radical (unpaired) electrons. The number of fused-ring (bicyclic) bond motifs is 1. The van der Waals surface area contributed by atoms with Gasteiger partial charge in [-0.1, -0.05) is 0 Å². The van der Waals surface area contributed by atoms with Gasteiger partial charge in [0.15, 0.2) is 0 Å². The van der Waals surface area contributed by atoms with Gasteiger partial charge in [-0.3, -0.25) is 0 Å². The van der Waals surface area contributed by atoms with Gasteiger partial charge in [0.25, 0.3) is 0 Å². The number of nitrogens with one attached hydrogen (secondary N) is 2. The van der Waals surface area contributed by atoms with Crippen molar-refractivity contribution in [2.45, 2.75) is 25.3 Å². The Kier molecular flexibility index (Phi) is 3.20. The van der Waals surface area contributed by atoms with E-state index >= 15 is 0 Å². The van der Waals surface area contributed by atoms with Crippen molar-refractivity contribution in [3.8, 4) is 0 Å². The zero-order valence-corrected chi connectivity index (χ0v) is 10.5. The van der Waals surface area contributed by atoms with Crippen LogP contribution >= 0.6 is 11.3 Å². The maximum absolute atomic E-state index is 4.31. The first-order valence-corrected chi connectivity index (χ1v) is 6.97. The molecule has 2 aromatic heterocycles. The summed E-state index contributed by atoms with van der Waals surface area (Å²) < 4.78 is 0. The van der Waals surface area contributed by atoms with Crippen molar-refractivity contribution >= 4 is 27.4 Å². The van der Waals surface area contributed by atoms with Crippen LogP contribution in [0.3, 0.4) is 0 Å². The highest BCUT2D eigenvalue weighted by Gasteiger charge is 2.13. The molecule has 0 aromatic carbocycles. The normalized spacial score (nSPS) is 19.9. The predicted molar refractivity (Wildman–Crippen MR) is 71.5 cm³/mol. The molecule has 0 unspecified atom stereocenters. The van der Waals surface area contributed by atoms with Gasteiger partial charge in [-0.05, 0) is 37.3 Å². The van der Waals surface area contributed by atoms with Crippen LogP contribution in [0.5, 0.6) is 0 Å². The van der Waals surface area contributed by atoms with Crippen LogP contribution in [0.25, 0.3) is 10.2 Å². The second-order valence-electron chi connectivity index (χ2n) is 4.37. The zero-order valence-electron chi connectivity index (χ0n) is 9.65. The Labute approximate surface area is 104 Å². The number of anilines is 1. The van der Waals surface area contributed by atoms with E-state index in [9.17, 15) is 0 Å². The van der Waals surface area contributed by atoms with E-state index in [0.29, 0.717) is 6.04 Å². The summed E-state index contributed by atoms with van der Waals surface area (Å²) in [7, 11) is 0. The third kappa shape index (κ3) is 2.40. The van der Waals surface area contributed by atoms with Gasteiger partial charge in [-0.2, -0.15) is 0 Å². The van der Waals surface area contributed by atoms with Crippen LogP contribution < -0.4 is 10.6 Å². The summed E-state index contributed by atoms with van der Waals surface area (Å²) in [6.45, 7) is 2.15. The zero-order chi connectivity index (χ0) is 11.5. The summed E-state index contributed by atoms with van der Waals surface area (Å²) in [6.07, 6.45) is 5.41. The Morgan fingerprint density at radius 3 is 3.35 bits per heavy atom. The summed E-state index contributed by atoms with van der Waals surface area (Å²) in [5.74, 6) is 0.967. The summed E-state index contributed by atoms with van der Waals surface area (Å²) in [4.78, 5) is 9.61. The summed E-state index contributed by atoms with van der Waals surface area (Å²) in [5, 5.41) is 10.1. The standard InChI is InChI=1S/C12H16N4S/c1-2-9(13-5-1)3-6-14-11-10-4-7-17-12(10)16-8-15-11/h4,7-9,13H,1-3,5-6H2,(H,14,15,16)/t9-/m1/s1. The fraction of sp³-hybridized carbons (Fsp3) is 0.500. The van der Waals surface area contributed by atoms with Crippen molar-refractivity contribution in [1.82, 2.24) is 15.3 Å². The molecule has 1 fully saturated rings. The molecule has 90 valence electrons. The highest BCUT2D eigenvalue weighted by Crippen LogP contribution is 2.23. The van der Waals surface area contributed by atoms with Crippen molar-refractivity contribution in [3.05, 3.63) is 17.8 Å². The molecule has 17 heavy (non-hydrogen) atoms. The number of aromatic nitrogens is 2. The van der Waals surface area contributed by atoms with Crippen LogP contribution in [-0.2, 0) is 0 Å². The Morgan fingerprint density at radius 2 is 2.47 bits per heavy atom. The van der Waals surface area contributed by atoms with Crippen molar-refractivity contribution in [1.29, 1.82) is 0 Å². The minimum absolute atomic E-state index is 0.683. The topological polar surface area (TPSA) is 49.8 Å². The maximum atomic E-state index is 4.31. The molecular weight excluding hydrogens is 232 g/mol. The Hall–Kier alpha value is -1.20. The van der Waals surface area contributed by atoms with Crippen LogP contribution in [-0.4, -0.2) is 29.1 Å². The minimum Gasteiger partial charge on any atom is -0.369 e. The molecule has 1 aliphatic rings. The molecule has 1 saturated heterocycles. The fourth-order valence-corrected chi connectivity index (χ4v) is 3.03. The van der Waals surface area contributed by atoms with Gasteiger partial charge in [0.05, 0.1) is 5.39 Å². The van der Waals surface area contributed by atoms with E-state index in [-0.39, 0.29) is 0 Å². The molecule has 1 aliphatic heterocycles. The molecule has 5 heteroatoms. The first-order chi connectivity index (χ1) is 8.43. The lowest BCUT2D eigenvalue weighted by Crippen LogP contribution is -2.24. The number of thiophene rings is 1. The molecular formula is C12H16N4S. The molecule has 1 atom stereocenters. The average Bonchev–Trinajstić information content (AvgIpc) is 2.99. The third-order valence-electron chi connectivity index (χ3n) is 3.21. The van der Waals surface area contributed by atoms with E-state index in [1.54, 1.807) is 17.7 Å². The summed E-state index contributed by atoms with van der Waals surface area (Å²) >= 11 is 1.66. The quantitative estimate of drug-likeness (QED) is 0.871. The van der Waals surface area contributed by atoms with Gasteiger partial charge in [0, 0.05) is 12.6 Å². The summed E-state index contributed by atoms with van der Waals surface area (Å²) in [6, 6.07) is 2.76. The minimum atomic E-state index is 0.683.